The van der Waals surface area contributed by atoms with Crippen LogP contribution in [0.15, 0.2) is 0 Å². The van der Waals surface area contributed by atoms with Crippen LogP contribution in [-0.2, 0) is 9.53 Å². The Morgan fingerprint density at radius 2 is 1.83 bits per heavy atom. The molecule has 1 N–H and O–H groups in total. The van der Waals surface area contributed by atoms with Gasteiger partial charge in [-0.1, -0.05) is 13.8 Å². The molecule has 104 valence electrons. The fourth-order valence-electron chi connectivity index (χ4n) is 2.07. The molecule has 18 heavy (non-hydrogen) atoms. The second kappa shape index (κ2) is 5.29. The first-order valence-electron chi connectivity index (χ1n) is 6.69. The van der Waals surface area contributed by atoms with Crippen molar-refractivity contribution in [2.24, 2.45) is 5.92 Å². The summed E-state index contributed by atoms with van der Waals surface area (Å²) in [6.45, 7) is 9.47. The fraction of sp³-hybridized carbons (Fsp3) is 0.857. The summed E-state index contributed by atoms with van der Waals surface area (Å²) in [4.78, 5) is 24.0. The second-order valence-electron chi connectivity index (χ2n) is 6.58. The van der Waals surface area contributed by atoms with Gasteiger partial charge in [-0.05, 0) is 46.0 Å². The van der Waals surface area contributed by atoms with Gasteiger partial charge in [-0.25, -0.2) is 4.79 Å². The van der Waals surface area contributed by atoms with Gasteiger partial charge in [0.05, 0.1) is 0 Å². The van der Waals surface area contributed by atoms with E-state index in [0.717, 1.165) is 19.3 Å². The van der Waals surface area contributed by atoms with E-state index in [1.165, 1.54) is 0 Å². The number of Topliss-reactive ketones (excluding diaryl/α,β-unsaturated/α-hetero) is 1. The van der Waals surface area contributed by atoms with Crippen molar-refractivity contribution in [3.63, 3.8) is 0 Å². The molecule has 1 aliphatic rings. The normalized spacial score (nSPS) is 18.1. The van der Waals surface area contributed by atoms with Crippen LogP contribution < -0.4 is 5.32 Å². The van der Waals surface area contributed by atoms with Gasteiger partial charge in [-0.15, -0.1) is 0 Å². The summed E-state index contributed by atoms with van der Waals surface area (Å²) >= 11 is 0. The van der Waals surface area contributed by atoms with Crippen LogP contribution in [0.1, 0.15) is 60.3 Å². The third-order valence-corrected chi connectivity index (χ3v) is 3.07. The summed E-state index contributed by atoms with van der Waals surface area (Å²) in [5.41, 5.74) is -1.19. The first-order valence-corrected chi connectivity index (χ1v) is 6.69. The molecule has 1 fully saturated rings. The van der Waals surface area contributed by atoms with Gasteiger partial charge in [0.25, 0.3) is 0 Å². The van der Waals surface area contributed by atoms with Crippen LogP contribution in [0.4, 0.5) is 4.79 Å². The predicted octanol–water partition coefficient (Wildman–Crippen LogP) is 3.05. The second-order valence-corrected chi connectivity index (χ2v) is 6.58. The number of ketones is 1. The van der Waals surface area contributed by atoms with E-state index >= 15 is 0 Å². The zero-order chi connectivity index (χ0) is 14.0. The SMILES string of the molecule is CC(C)CC(=O)C1(NC(=O)OC(C)(C)C)CCC1. The Morgan fingerprint density at radius 3 is 2.17 bits per heavy atom. The zero-order valence-corrected chi connectivity index (χ0v) is 12.1. The van der Waals surface area contributed by atoms with Crippen LogP contribution in [0.5, 0.6) is 0 Å². The predicted molar refractivity (Wildman–Crippen MR) is 70.4 cm³/mol. The van der Waals surface area contributed by atoms with Crippen molar-refractivity contribution in [3.05, 3.63) is 0 Å². The first kappa shape index (κ1) is 15.0. The Hall–Kier alpha value is -1.06. The van der Waals surface area contributed by atoms with Gasteiger partial charge in [-0.2, -0.15) is 0 Å². The molecule has 0 unspecified atom stereocenters. The lowest BCUT2D eigenvalue weighted by Gasteiger charge is -2.41. The van der Waals surface area contributed by atoms with Crippen LogP contribution >= 0.6 is 0 Å². The number of alkyl carbamates (subject to hydrolysis) is 1. The molecule has 0 saturated heterocycles. The Bertz CT molecular complexity index is 324. The number of hydrogen-bond donors (Lipinski definition) is 1. The number of carbonyl (C=O) groups excluding carboxylic acids is 2. The average Bonchev–Trinajstić information content (AvgIpc) is 2.06. The summed E-state index contributed by atoms with van der Waals surface area (Å²) in [5.74, 6) is 0.449. The Morgan fingerprint density at radius 1 is 1.28 bits per heavy atom. The van der Waals surface area contributed by atoms with E-state index in [2.05, 4.69) is 5.32 Å². The van der Waals surface area contributed by atoms with Crippen LogP contribution in [0, 0.1) is 5.92 Å². The van der Waals surface area contributed by atoms with Gasteiger partial charge in [-0.3, -0.25) is 4.79 Å². The highest BCUT2D eigenvalue weighted by atomic mass is 16.6. The molecule has 4 nitrogen and oxygen atoms in total. The topological polar surface area (TPSA) is 55.4 Å². The third-order valence-electron chi connectivity index (χ3n) is 3.07. The van der Waals surface area contributed by atoms with Gasteiger partial charge in [0.2, 0.25) is 0 Å². The minimum absolute atomic E-state index is 0.134. The van der Waals surface area contributed by atoms with Crippen molar-refractivity contribution in [3.8, 4) is 0 Å². The molecule has 0 atom stereocenters. The number of carbonyl (C=O) groups is 2. The summed E-state index contributed by atoms with van der Waals surface area (Å²) in [7, 11) is 0. The molecule has 0 aliphatic heterocycles. The molecule has 1 rings (SSSR count). The maximum absolute atomic E-state index is 12.2. The van der Waals surface area contributed by atoms with E-state index < -0.39 is 17.2 Å². The van der Waals surface area contributed by atoms with Crippen molar-refractivity contribution in [1.29, 1.82) is 0 Å². The lowest BCUT2D eigenvalue weighted by molar-refractivity contribution is -0.129. The summed E-state index contributed by atoms with van der Waals surface area (Å²) in [6, 6.07) is 0. The van der Waals surface area contributed by atoms with Crippen molar-refractivity contribution < 1.29 is 14.3 Å². The molecular weight excluding hydrogens is 230 g/mol. The number of amides is 1. The number of nitrogens with one attached hydrogen (secondary N) is 1. The molecule has 0 bridgehead atoms. The van der Waals surface area contributed by atoms with Crippen LogP contribution in [-0.4, -0.2) is 23.0 Å². The number of ether oxygens (including phenoxy) is 1. The summed E-state index contributed by atoms with van der Waals surface area (Å²) < 4.78 is 5.22. The van der Waals surface area contributed by atoms with Crippen LogP contribution in [0.3, 0.4) is 0 Å². The Kier molecular flexibility index (Phi) is 4.41. The molecule has 0 spiro atoms. The maximum Gasteiger partial charge on any atom is 0.408 e. The number of rotatable bonds is 4. The highest BCUT2D eigenvalue weighted by molar-refractivity contribution is 5.92. The molecule has 0 radical (unpaired) electrons. The molecule has 1 amide bonds. The van der Waals surface area contributed by atoms with Gasteiger partial charge < -0.3 is 10.1 Å². The molecular formula is C14H25NO3. The van der Waals surface area contributed by atoms with Crippen molar-refractivity contribution in [1.82, 2.24) is 5.32 Å². The van der Waals surface area contributed by atoms with Gasteiger partial charge in [0.1, 0.15) is 11.1 Å². The Labute approximate surface area is 109 Å². The van der Waals surface area contributed by atoms with E-state index in [9.17, 15) is 9.59 Å². The van der Waals surface area contributed by atoms with E-state index in [0.29, 0.717) is 12.3 Å². The minimum Gasteiger partial charge on any atom is -0.444 e. The van der Waals surface area contributed by atoms with Crippen LogP contribution in [0.25, 0.3) is 0 Å². The molecule has 4 heteroatoms. The zero-order valence-electron chi connectivity index (χ0n) is 12.1. The monoisotopic (exact) mass is 255 g/mol. The highest BCUT2D eigenvalue weighted by Crippen LogP contribution is 2.34. The molecule has 1 saturated carbocycles. The minimum atomic E-state index is -0.660. The summed E-state index contributed by atoms with van der Waals surface area (Å²) in [6.07, 6.45) is 2.48. The van der Waals surface area contributed by atoms with Gasteiger partial charge in [0.15, 0.2) is 5.78 Å². The van der Waals surface area contributed by atoms with E-state index in [1.54, 1.807) is 0 Å². The largest absolute Gasteiger partial charge is 0.444 e. The lowest BCUT2D eigenvalue weighted by atomic mass is 9.72. The molecule has 0 aromatic rings. The molecule has 1 aliphatic carbocycles. The maximum atomic E-state index is 12.2. The molecule has 0 heterocycles. The van der Waals surface area contributed by atoms with Crippen molar-refractivity contribution >= 4 is 11.9 Å². The third kappa shape index (κ3) is 4.00. The van der Waals surface area contributed by atoms with E-state index in [1.807, 2.05) is 34.6 Å². The average molecular weight is 255 g/mol. The summed E-state index contributed by atoms with van der Waals surface area (Å²) in [5, 5.41) is 2.78. The quantitative estimate of drug-likeness (QED) is 0.840. The standard InChI is InChI=1S/C14H25NO3/c1-10(2)9-11(16)14(7-6-8-14)15-12(17)18-13(3,4)5/h10H,6-9H2,1-5H3,(H,15,17). The Balaban J connectivity index is 2.61. The van der Waals surface area contributed by atoms with Crippen molar-refractivity contribution in [2.75, 3.05) is 0 Å². The van der Waals surface area contributed by atoms with E-state index in [-0.39, 0.29) is 5.78 Å². The van der Waals surface area contributed by atoms with Gasteiger partial charge >= 0.3 is 6.09 Å². The number of hydrogen-bond acceptors (Lipinski definition) is 3. The smallest absolute Gasteiger partial charge is 0.408 e. The van der Waals surface area contributed by atoms with Crippen molar-refractivity contribution in [2.45, 2.75) is 71.4 Å². The fourth-order valence-corrected chi connectivity index (χ4v) is 2.07. The highest BCUT2D eigenvalue weighted by Gasteiger charge is 2.45. The molecule has 0 aromatic heterocycles. The molecule has 0 aromatic carbocycles. The van der Waals surface area contributed by atoms with E-state index in [4.69, 9.17) is 4.74 Å². The lowest BCUT2D eigenvalue weighted by Crippen LogP contribution is -2.60. The first-order chi connectivity index (χ1) is 8.15. The van der Waals surface area contributed by atoms with Crippen LogP contribution in [0.2, 0.25) is 0 Å². The van der Waals surface area contributed by atoms with Gasteiger partial charge in [0, 0.05) is 6.42 Å².